The predicted molar refractivity (Wildman–Crippen MR) is 107 cm³/mol. The average molecular weight is 415 g/mol. The minimum absolute atomic E-state index is 0.106. The number of hydrogen-bond acceptors (Lipinski definition) is 6. The summed E-state index contributed by atoms with van der Waals surface area (Å²) >= 11 is 5.93. The van der Waals surface area contributed by atoms with Crippen LogP contribution >= 0.6 is 11.6 Å². The number of carbonyl (C=O) groups is 2. The number of benzene rings is 2. The van der Waals surface area contributed by atoms with E-state index in [9.17, 15) is 9.59 Å². The number of nitrogens with zero attached hydrogens (tertiary/aromatic N) is 2. The number of aryl methyl sites for hydroxylation is 1. The second-order valence-electron chi connectivity index (χ2n) is 6.09. The molecule has 0 saturated heterocycles. The molecule has 3 rings (SSSR count). The molecule has 0 spiro atoms. The molecule has 0 bridgehead atoms. The molecule has 2 amide bonds. The summed E-state index contributed by atoms with van der Waals surface area (Å²) in [6.07, 6.45) is 0. The number of para-hydroxylation sites is 1. The fourth-order valence-corrected chi connectivity index (χ4v) is 2.62. The van der Waals surface area contributed by atoms with Crippen molar-refractivity contribution in [2.24, 2.45) is 0 Å². The molecule has 9 heteroatoms. The molecule has 0 aliphatic heterocycles. The third-order valence-electron chi connectivity index (χ3n) is 3.89. The van der Waals surface area contributed by atoms with Gasteiger partial charge in [0, 0.05) is 23.7 Å². The molecule has 1 heterocycles. The van der Waals surface area contributed by atoms with Crippen LogP contribution in [-0.2, 0) is 4.79 Å². The Balaban J connectivity index is 1.40. The van der Waals surface area contributed by atoms with Crippen LogP contribution in [-0.4, -0.2) is 41.7 Å². The van der Waals surface area contributed by atoms with Gasteiger partial charge in [-0.15, -0.1) is 0 Å². The standard InChI is InChI=1S/C20H19ClN4O4/c1-13-5-2-3-8-16(13)28-12-17(26)22-9-10-23-19(27)20-24-18(25-29-20)14-6-4-7-15(21)11-14/h2-8,11H,9-10,12H2,1H3,(H,22,26)(H,23,27). The molecule has 0 aliphatic carbocycles. The number of rotatable bonds is 8. The van der Waals surface area contributed by atoms with E-state index in [-0.39, 0.29) is 37.3 Å². The van der Waals surface area contributed by atoms with Crippen molar-refractivity contribution in [3.63, 3.8) is 0 Å². The lowest BCUT2D eigenvalue weighted by Crippen LogP contribution is -2.36. The molecule has 8 nitrogen and oxygen atoms in total. The number of halogens is 1. The van der Waals surface area contributed by atoms with Crippen LogP contribution < -0.4 is 15.4 Å². The second-order valence-corrected chi connectivity index (χ2v) is 6.53. The highest BCUT2D eigenvalue weighted by Crippen LogP contribution is 2.19. The SMILES string of the molecule is Cc1ccccc1OCC(=O)NCCNC(=O)c1nc(-c2cccc(Cl)c2)no1. The summed E-state index contributed by atoms with van der Waals surface area (Å²) in [7, 11) is 0. The van der Waals surface area contributed by atoms with Gasteiger partial charge in [0.1, 0.15) is 5.75 Å². The highest BCUT2D eigenvalue weighted by atomic mass is 35.5. The van der Waals surface area contributed by atoms with Crippen molar-refractivity contribution < 1.29 is 18.8 Å². The molecule has 0 aliphatic rings. The minimum atomic E-state index is -0.531. The van der Waals surface area contributed by atoms with Crippen molar-refractivity contribution >= 4 is 23.4 Å². The minimum Gasteiger partial charge on any atom is -0.484 e. The quantitative estimate of drug-likeness (QED) is 0.549. The zero-order chi connectivity index (χ0) is 20.6. The largest absolute Gasteiger partial charge is 0.484 e. The van der Waals surface area contributed by atoms with E-state index in [1.54, 1.807) is 30.3 Å². The van der Waals surface area contributed by atoms with Crippen LogP contribution in [0.15, 0.2) is 53.1 Å². The van der Waals surface area contributed by atoms with Gasteiger partial charge >= 0.3 is 11.8 Å². The van der Waals surface area contributed by atoms with Crippen LogP contribution in [0.3, 0.4) is 0 Å². The van der Waals surface area contributed by atoms with Crippen molar-refractivity contribution in [1.29, 1.82) is 0 Å². The Morgan fingerprint density at radius 3 is 2.69 bits per heavy atom. The number of hydrogen-bond donors (Lipinski definition) is 2. The fourth-order valence-electron chi connectivity index (χ4n) is 2.43. The maximum Gasteiger partial charge on any atom is 0.316 e. The molecule has 0 atom stereocenters. The summed E-state index contributed by atoms with van der Waals surface area (Å²) in [6, 6.07) is 14.3. The smallest absolute Gasteiger partial charge is 0.316 e. The molecule has 0 unspecified atom stereocenters. The number of carbonyl (C=O) groups excluding carboxylic acids is 2. The highest BCUT2D eigenvalue weighted by molar-refractivity contribution is 6.30. The van der Waals surface area contributed by atoms with Gasteiger partial charge in [0.2, 0.25) is 5.82 Å². The summed E-state index contributed by atoms with van der Waals surface area (Å²) in [4.78, 5) is 28.0. The first-order valence-electron chi connectivity index (χ1n) is 8.86. The van der Waals surface area contributed by atoms with Gasteiger partial charge < -0.3 is 19.9 Å². The van der Waals surface area contributed by atoms with Crippen LogP contribution in [0.4, 0.5) is 0 Å². The summed E-state index contributed by atoms with van der Waals surface area (Å²) in [5.74, 6) is -0.0731. The lowest BCUT2D eigenvalue weighted by Gasteiger charge is -2.09. The molecule has 0 saturated carbocycles. The predicted octanol–water partition coefficient (Wildman–Crippen LogP) is 2.62. The summed E-state index contributed by atoms with van der Waals surface area (Å²) in [5, 5.41) is 9.55. The second kappa shape index (κ2) is 9.70. The van der Waals surface area contributed by atoms with Gasteiger partial charge in [-0.05, 0) is 30.7 Å². The Morgan fingerprint density at radius 2 is 1.90 bits per heavy atom. The average Bonchev–Trinajstić information content (AvgIpc) is 3.21. The van der Waals surface area contributed by atoms with E-state index >= 15 is 0 Å². The molecule has 0 radical (unpaired) electrons. The lowest BCUT2D eigenvalue weighted by atomic mass is 10.2. The van der Waals surface area contributed by atoms with Crippen LogP contribution in [0.5, 0.6) is 5.75 Å². The van der Waals surface area contributed by atoms with E-state index < -0.39 is 5.91 Å². The molecule has 29 heavy (non-hydrogen) atoms. The lowest BCUT2D eigenvalue weighted by molar-refractivity contribution is -0.123. The number of ether oxygens (including phenoxy) is 1. The van der Waals surface area contributed by atoms with Crippen LogP contribution in [0.2, 0.25) is 5.02 Å². The Morgan fingerprint density at radius 1 is 1.10 bits per heavy atom. The van der Waals surface area contributed by atoms with Crippen molar-refractivity contribution in [2.45, 2.75) is 6.92 Å². The third kappa shape index (κ3) is 5.79. The third-order valence-corrected chi connectivity index (χ3v) is 4.12. The van der Waals surface area contributed by atoms with Crippen molar-refractivity contribution in [1.82, 2.24) is 20.8 Å². The molecule has 1 aromatic heterocycles. The van der Waals surface area contributed by atoms with E-state index in [0.29, 0.717) is 16.3 Å². The van der Waals surface area contributed by atoms with Gasteiger partial charge in [-0.3, -0.25) is 9.59 Å². The summed E-state index contributed by atoms with van der Waals surface area (Å²) in [6.45, 7) is 2.23. The molecular formula is C20H19ClN4O4. The Kier molecular flexibility index (Phi) is 6.80. The monoisotopic (exact) mass is 414 g/mol. The van der Waals surface area contributed by atoms with E-state index in [2.05, 4.69) is 20.8 Å². The van der Waals surface area contributed by atoms with Crippen molar-refractivity contribution in [3.8, 4) is 17.1 Å². The van der Waals surface area contributed by atoms with E-state index in [1.807, 2.05) is 25.1 Å². The molecule has 2 aromatic carbocycles. The van der Waals surface area contributed by atoms with Gasteiger partial charge in [0.05, 0.1) is 0 Å². The van der Waals surface area contributed by atoms with Gasteiger partial charge in [-0.25, -0.2) is 0 Å². The normalized spacial score (nSPS) is 10.4. The van der Waals surface area contributed by atoms with Gasteiger partial charge in [0.25, 0.3) is 5.91 Å². The number of nitrogens with one attached hydrogen (secondary N) is 2. The summed E-state index contributed by atoms with van der Waals surface area (Å²) < 4.78 is 10.4. The van der Waals surface area contributed by atoms with Crippen LogP contribution in [0.25, 0.3) is 11.4 Å². The zero-order valence-electron chi connectivity index (χ0n) is 15.6. The highest BCUT2D eigenvalue weighted by Gasteiger charge is 2.16. The Labute approximate surface area is 172 Å². The van der Waals surface area contributed by atoms with Gasteiger partial charge in [-0.2, -0.15) is 4.98 Å². The Hall–Kier alpha value is -3.39. The maximum atomic E-state index is 12.1. The topological polar surface area (TPSA) is 106 Å². The molecule has 0 fully saturated rings. The molecular weight excluding hydrogens is 396 g/mol. The molecule has 2 N–H and O–H groups in total. The number of amides is 2. The first-order chi connectivity index (χ1) is 14.0. The van der Waals surface area contributed by atoms with Crippen LogP contribution in [0.1, 0.15) is 16.2 Å². The fraction of sp³-hybridized carbons (Fsp3) is 0.200. The molecule has 150 valence electrons. The van der Waals surface area contributed by atoms with Gasteiger partial charge in [0.15, 0.2) is 6.61 Å². The van der Waals surface area contributed by atoms with Crippen molar-refractivity contribution in [3.05, 3.63) is 65.0 Å². The first-order valence-corrected chi connectivity index (χ1v) is 9.23. The molecule has 3 aromatic rings. The van der Waals surface area contributed by atoms with E-state index in [1.165, 1.54) is 0 Å². The maximum absolute atomic E-state index is 12.1. The van der Waals surface area contributed by atoms with Crippen molar-refractivity contribution in [2.75, 3.05) is 19.7 Å². The Bertz CT molecular complexity index is 1010. The van der Waals surface area contributed by atoms with E-state index in [4.69, 9.17) is 20.9 Å². The van der Waals surface area contributed by atoms with Gasteiger partial charge in [-0.1, -0.05) is 47.1 Å². The summed E-state index contributed by atoms with van der Waals surface area (Å²) in [5.41, 5.74) is 1.59. The van der Waals surface area contributed by atoms with E-state index in [0.717, 1.165) is 5.56 Å². The first kappa shape index (κ1) is 20.3. The van der Waals surface area contributed by atoms with Crippen LogP contribution in [0, 0.1) is 6.92 Å². The zero-order valence-corrected chi connectivity index (χ0v) is 16.4. The number of aromatic nitrogens is 2.